The Labute approximate surface area is 181 Å². The van der Waals surface area contributed by atoms with Crippen LogP contribution in [0.25, 0.3) is 22.5 Å². The Morgan fingerprint density at radius 1 is 1.23 bits per heavy atom. The van der Waals surface area contributed by atoms with Crippen LogP contribution in [0.4, 0.5) is 4.39 Å². The molecule has 4 heterocycles. The predicted octanol–water partition coefficient (Wildman–Crippen LogP) is 4.06. The third-order valence-corrected chi connectivity index (χ3v) is 6.09. The zero-order valence-electron chi connectivity index (χ0n) is 16.5. The van der Waals surface area contributed by atoms with E-state index in [9.17, 15) is 9.18 Å². The summed E-state index contributed by atoms with van der Waals surface area (Å²) in [4.78, 5) is 26.4. The van der Waals surface area contributed by atoms with Gasteiger partial charge in [0, 0.05) is 24.1 Å². The molecule has 0 spiro atoms. The number of aromatic nitrogens is 4. The molecule has 0 amide bonds. The summed E-state index contributed by atoms with van der Waals surface area (Å²) in [5.74, 6) is 0.437. The quantitative estimate of drug-likeness (QED) is 0.332. The molecule has 31 heavy (non-hydrogen) atoms. The fourth-order valence-electron chi connectivity index (χ4n) is 3.57. The maximum absolute atomic E-state index is 13.5. The first-order chi connectivity index (χ1) is 15.2. The number of halogens is 1. The second-order valence-electron chi connectivity index (χ2n) is 7.26. The minimum absolute atomic E-state index is 0.000369. The van der Waals surface area contributed by atoms with Gasteiger partial charge in [0.05, 0.1) is 23.7 Å². The van der Waals surface area contributed by atoms with Crippen molar-refractivity contribution in [2.24, 2.45) is 0 Å². The highest BCUT2D eigenvalue weighted by atomic mass is 32.2. The van der Waals surface area contributed by atoms with E-state index in [0.717, 1.165) is 12.8 Å². The maximum Gasteiger partial charge on any atom is 0.263 e. The summed E-state index contributed by atoms with van der Waals surface area (Å²) in [7, 11) is 0. The third-order valence-electron chi connectivity index (χ3n) is 5.08. The van der Waals surface area contributed by atoms with Gasteiger partial charge in [-0.1, -0.05) is 17.8 Å². The predicted molar refractivity (Wildman–Crippen MR) is 114 cm³/mol. The van der Waals surface area contributed by atoms with Gasteiger partial charge in [-0.2, -0.15) is 0 Å². The molecule has 7 nitrogen and oxygen atoms in total. The fourth-order valence-corrected chi connectivity index (χ4v) is 4.44. The summed E-state index contributed by atoms with van der Waals surface area (Å²) in [6.45, 7) is 1.17. The molecule has 5 rings (SSSR count). The van der Waals surface area contributed by atoms with Crippen molar-refractivity contribution in [3.8, 4) is 11.5 Å². The Bertz CT molecular complexity index is 1280. The molecule has 1 atom stereocenters. The van der Waals surface area contributed by atoms with Crippen molar-refractivity contribution in [2.75, 3.05) is 6.61 Å². The van der Waals surface area contributed by atoms with Crippen molar-refractivity contribution >= 4 is 22.8 Å². The lowest BCUT2D eigenvalue weighted by Gasteiger charge is -2.15. The first kappa shape index (κ1) is 19.9. The molecule has 4 aromatic rings. The molecule has 1 aliphatic heterocycles. The Balaban J connectivity index is 1.42. The van der Waals surface area contributed by atoms with Crippen LogP contribution in [0.15, 0.2) is 63.2 Å². The van der Waals surface area contributed by atoms with Crippen LogP contribution >= 0.6 is 11.8 Å². The normalized spacial score (nSPS) is 16.2. The summed E-state index contributed by atoms with van der Waals surface area (Å²) < 4.78 is 26.4. The monoisotopic (exact) mass is 438 g/mol. The number of pyridine rings is 1. The SMILES string of the molecule is O=c1c2cccnc2nc(SCc2coc(-c3cccc(F)c3)n2)n1CC1CCCO1. The van der Waals surface area contributed by atoms with Gasteiger partial charge in [-0.05, 0) is 43.2 Å². The molecular weight excluding hydrogens is 419 g/mol. The number of rotatable bonds is 6. The van der Waals surface area contributed by atoms with Crippen molar-refractivity contribution in [3.63, 3.8) is 0 Å². The highest BCUT2D eigenvalue weighted by molar-refractivity contribution is 7.98. The molecule has 0 radical (unpaired) electrons. The average molecular weight is 438 g/mol. The number of hydrogen-bond donors (Lipinski definition) is 0. The van der Waals surface area contributed by atoms with Gasteiger partial charge in [0.1, 0.15) is 12.1 Å². The Kier molecular flexibility index (Phi) is 5.52. The average Bonchev–Trinajstić information content (AvgIpc) is 3.47. The second kappa shape index (κ2) is 8.60. The van der Waals surface area contributed by atoms with Crippen LogP contribution in [0.2, 0.25) is 0 Å². The number of hydrogen-bond acceptors (Lipinski definition) is 7. The Morgan fingerprint density at radius 3 is 3.00 bits per heavy atom. The van der Waals surface area contributed by atoms with Crippen LogP contribution in [0, 0.1) is 5.82 Å². The van der Waals surface area contributed by atoms with E-state index in [1.807, 2.05) is 0 Å². The summed E-state index contributed by atoms with van der Waals surface area (Å²) in [5.41, 5.74) is 1.53. The van der Waals surface area contributed by atoms with Gasteiger partial charge in [0.2, 0.25) is 5.89 Å². The molecule has 0 N–H and O–H groups in total. The van der Waals surface area contributed by atoms with Crippen LogP contribution in [0.1, 0.15) is 18.5 Å². The topological polar surface area (TPSA) is 83.0 Å². The Hall–Kier alpha value is -3.04. The summed E-state index contributed by atoms with van der Waals surface area (Å²) >= 11 is 1.38. The highest BCUT2D eigenvalue weighted by Gasteiger charge is 2.21. The number of thioether (sulfide) groups is 1. The Morgan fingerprint density at radius 2 is 2.16 bits per heavy atom. The van der Waals surface area contributed by atoms with Crippen molar-refractivity contribution in [1.82, 2.24) is 19.5 Å². The van der Waals surface area contributed by atoms with Crippen LogP contribution in [0.5, 0.6) is 0 Å². The van der Waals surface area contributed by atoms with E-state index in [1.165, 1.54) is 30.2 Å². The van der Waals surface area contributed by atoms with Crippen LogP contribution in [0.3, 0.4) is 0 Å². The number of ether oxygens (including phenoxy) is 1. The van der Waals surface area contributed by atoms with Gasteiger partial charge in [0.15, 0.2) is 10.8 Å². The zero-order chi connectivity index (χ0) is 21.2. The van der Waals surface area contributed by atoms with Gasteiger partial charge >= 0.3 is 0 Å². The molecule has 9 heteroatoms. The first-order valence-corrected chi connectivity index (χ1v) is 11.0. The number of oxazole rings is 1. The fraction of sp³-hybridized carbons (Fsp3) is 0.273. The molecule has 0 saturated carbocycles. The lowest BCUT2D eigenvalue weighted by molar-refractivity contribution is 0.0937. The van der Waals surface area contributed by atoms with Gasteiger partial charge in [-0.3, -0.25) is 9.36 Å². The minimum atomic E-state index is -0.349. The highest BCUT2D eigenvalue weighted by Crippen LogP contribution is 2.25. The molecule has 1 aromatic carbocycles. The smallest absolute Gasteiger partial charge is 0.263 e. The van der Waals surface area contributed by atoms with E-state index in [-0.39, 0.29) is 17.5 Å². The summed E-state index contributed by atoms with van der Waals surface area (Å²) in [6.07, 6.45) is 5.07. The molecule has 1 aliphatic rings. The summed E-state index contributed by atoms with van der Waals surface area (Å²) in [5, 5.41) is 1.04. The van der Waals surface area contributed by atoms with Crippen LogP contribution in [-0.2, 0) is 17.0 Å². The van der Waals surface area contributed by atoms with E-state index < -0.39 is 0 Å². The van der Waals surface area contributed by atoms with Crippen LogP contribution < -0.4 is 5.56 Å². The van der Waals surface area contributed by atoms with E-state index in [1.54, 1.807) is 35.0 Å². The lowest BCUT2D eigenvalue weighted by atomic mass is 10.2. The van der Waals surface area contributed by atoms with Gasteiger partial charge in [-0.25, -0.2) is 19.3 Å². The zero-order valence-corrected chi connectivity index (χ0v) is 17.3. The van der Waals surface area contributed by atoms with Crippen molar-refractivity contribution in [3.05, 3.63) is 70.7 Å². The van der Waals surface area contributed by atoms with Crippen molar-refractivity contribution in [1.29, 1.82) is 0 Å². The first-order valence-electron chi connectivity index (χ1n) is 9.98. The van der Waals surface area contributed by atoms with Gasteiger partial charge in [0.25, 0.3) is 5.56 Å². The van der Waals surface area contributed by atoms with Gasteiger partial charge in [-0.15, -0.1) is 0 Å². The van der Waals surface area contributed by atoms with Crippen molar-refractivity contribution in [2.45, 2.75) is 36.4 Å². The molecule has 0 aliphatic carbocycles. The second-order valence-corrected chi connectivity index (χ2v) is 8.21. The lowest BCUT2D eigenvalue weighted by Crippen LogP contribution is -2.29. The van der Waals surface area contributed by atoms with Crippen LogP contribution in [-0.4, -0.2) is 32.2 Å². The molecule has 0 bridgehead atoms. The van der Waals surface area contributed by atoms with E-state index in [2.05, 4.69) is 15.0 Å². The molecular formula is C22H19FN4O3S. The molecule has 3 aromatic heterocycles. The standard InChI is InChI=1S/C22H19FN4O3S/c23-15-5-1-4-14(10-15)20-25-16(12-30-20)13-31-22-26-19-18(7-2-8-24-19)21(28)27(22)11-17-6-3-9-29-17/h1-2,4-5,7-8,10,12,17H,3,6,9,11,13H2. The maximum atomic E-state index is 13.5. The third kappa shape index (κ3) is 4.24. The molecule has 1 unspecified atom stereocenters. The van der Waals surface area contributed by atoms with E-state index >= 15 is 0 Å². The van der Waals surface area contributed by atoms with Gasteiger partial charge < -0.3 is 9.15 Å². The van der Waals surface area contributed by atoms with E-state index in [0.29, 0.717) is 52.2 Å². The number of fused-ring (bicyclic) bond motifs is 1. The van der Waals surface area contributed by atoms with E-state index in [4.69, 9.17) is 9.15 Å². The molecule has 1 saturated heterocycles. The minimum Gasteiger partial charge on any atom is -0.444 e. The van der Waals surface area contributed by atoms with Crippen molar-refractivity contribution < 1.29 is 13.5 Å². The molecule has 1 fully saturated rings. The number of benzene rings is 1. The molecule has 158 valence electrons. The largest absolute Gasteiger partial charge is 0.444 e. The summed E-state index contributed by atoms with van der Waals surface area (Å²) in [6, 6.07) is 9.56. The number of nitrogens with zero attached hydrogens (tertiary/aromatic N) is 4.